The fraction of sp³-hybridized carbons (Fsp3) is 0.556. The zero-order valence-corrected chi connectivity index (χ0v) is 14.0. The Balaban J connectivity index is 2.00. The first-order valence-corrected chi connectivity index (χ1v) is 8.31. The number of nitrogens with zero attached hydrogens (tertiary/aromatic N) is 2. The van der Waals surface area contributed by atoms with E-state index in [1.165, 1.54) is 5.56 Å². The van der Waals surface area contributed by atoms with Crippen LogP contribution in [0.25, 0.3) is 0 Å². The Morgan fingerprint density at radius 3 is 2.61 bits per heavy atom. The summed E-state index contributed by atoms with van der Waals surface area (Å²) in [7, 11) is 0. The highest BCUT2D eigenvalue weighted by Gasteiger charge is 2.32. The second-order valence-corrected chi connectivity index (χ2v) is 6.27. The predicted molar refractivity (Wildman–Crippen MR) is 89.1 cm³/mol. The van der Waals surface area contributed by atoms with Crippen LogP contribution in [0.15, 0.2) is 24.3 Å². The molecule has 23 heavy (non-hydrogen) atoms. The number of hydrogen-bond donors (Lipinski definition) is 1. The molecule has 1 saturated heterocycles. The van der Waals surface area contributed by atoms with Crippen molar-refractivity contribution in [2.24, 2.45) is 0 Å². The van der Waals surface area contributed by atoms with Gasteiger partial charge in [0.1, 0.15) is 6.04 Å². The van der Waals surface area contributed by atoms with Crippen LogP contribution in [-0.4, -0.2) is 52.5 Å². The van der Waals surface area contributed by atoms with Gasteiger partial charge in [-0.1, -0.05) is 36.8 Å². The van der Waals surface area contributed by atoms with E-state index in [0.717, 1.165) is 18.4 Å². The fourth-order valence-corrected chi connectivity index (χ4v) is 3.04. The van der Waals surface area contributed by atoms with Crippen LogP contribution in [0.5, 0.6) is 0 Å². The molecule has 1 atom stereocenters. The van der Waals surface area contributed by atoms with Gasteiger partial charge in [0.05, 0.1) is 6.54 Å². The molecular formula is C18H26N2O3. The number of carbonyl (C=O) groups excluding carboxylic acids is 1. The Morgan fingerprint density at radius 2 is 2.00 bits per heavy atom. The minimum atomic E-state index is -0.823. The third-order valence-electron chi connectivity index (χ3n) is 4.33. The molecule has 126 valence electrons. The largest absolute Gasteiger partial charge is 0.480 e. The lowest BCUT2D eigenvalue weighted by atomic mass is 10.1. The maximum atomic E-state index is 12.6. The number of carboxylic acids is 1. The summed E-state index contributed by atoms with van der Waals surface area (Å²) in [6.07, 6.45) is 2.37. The van der Waals surface area contributed by atoms with E-state index in [0.29, 0.717) is 26.1 Å². The van der Waals surface area contributed by atoms with Gasteiger partial charge in [0, 0.05) is 13.1 Å². The first kappa shape index (κ1) is 17.5. The van der Waals surface area contributed by atoms with Crippen molar-refractivity contribution in [2.45, 2.75) is 45.7 Å². The standard InChI is InChI=1S/C18H26N2O3/c1-3-10-20(12-15-8-6-14(2)7-9-15)17(21)13-19-11-4-5-16(19)18(22)23/h6-9,16H,3-5,10-13H2,1-2H3,(H,22,23). The fourth-order valence-electron chi connectivity index (χ4n) is 3.04. The normalized spacial score (nSPS) is 18.1. The minimum Gasteiger partial charge on any atom is -0.480 e. The predicted octanol–water partition coefficient (Wildman–Crippen LogP) is 2.28. The summed E-state index contributed by atoms with van der Waals surface area (Å²) < 4.78 is 0. The van der Waals surface area contributed by atoms with Gasteiger partial charge >= 0.3 is 5.97 Å². The lowest BCUT2D eigenvalue weighted by Crippen LogP contribution is -2.44. The molecule has 1 unspecified atom stereocenters. The topological polar surface area (TPSA) is 60.9 Å². The lowest BCUT2D eigenvalue weighted by Gasteiger charge is -2.27. The van der Waals surface area contributed by atoms with Gasteiger partial charge < -0.3 is 10.0 Å². The number of carboxylic acid groups (broad SMARTS) is 1. The number of rotatable bonds is 7. The molecule has 1 heterocycles. The highest BCUT2D eigenvalue weighted by Crippen LogP contribution is 2.18. The molecule has 0 radical (unpaired) electrons. The molecule has 5 nitrogen and oxygen atoms in total. The van der Waals surface area contributed by atoms with Crippen LogP contribution in [0, 0.1) is 6.92 Å². The van der Waals surface area contributed by atoms with E-state index in [9.17, 15) is 14.7 Å². The Hall–Kier alpha value is -1.88. The number of aryl methyl sites for hydroxylation is 1. The Kier molecular flexibility index (Phi) is 6.16. The van der Waals surface area contributed by atoms with Crippen molar-refractivity contribution in [3.05, 3.63) is 35.4 Å². The van der Waals surface area contributed by atoms with Crippen molar-refractivity contribution < 1.29 is 14.7 Å². The Bertz CT molecular complexity index is 542. The highest BCUT2D eigenvalue weighted by atomic mass is 16.4. The maximum absolute atomic E-state index is 12.6. The first-order valence-electron chi connectivity index (χ1n) is 8.31. The van der Waals surface area contributed by atoms with Gasteiger partial charge in [0.25, 0.3) is 0 Å². The van der Waals surface area contributed by atoms with E-state index in [1.807, 2.05) is 43.0 Å². The van der Waals surface area contributed by atoms with Gasteiger partial charge in [0.2, 0.25) is 5.91 Å². The quantitative estimate of drug-likeness (QED) is 0.838. The molecule has 0 aromatic heterocycles. The average molecular weight is 318 g/mol. The molecule has 0 saturated carbocycles. The summed E-state index contributed by atoms with van der Waals surface area (Å²) in [5.74, 6) is -0.809. The second-order valence-electron chi connectivity index (χ2n) is 6.27. The van der Waals surface area contributed by atoms with Crippen molar-refractivity contribution in [1.29, 1.82) is 0 Å². The summed E-state index contributed by atoms with van der Waals surface area (Å²) in [5.41, 5.74) is 2.30. The number of carbonyl (C=O) groups is 2. The summed E-state index contributed by atoms with van der Waals surface area (Å²) >= 11 is 0. The second kappa shape index (κ2) is 8.11. The first-order chi connectivity index (χ1) is 11.0. The van der Waals surface area contributed by atoms with Crippen LogP contribution >= 0.6 is 0 Å². The Morgan fingerprint density at radius 1 is 1.30 bits per heavy atom. The third-order valence-corrected chi connectivity index (χ3v) is 4.33. The molecule has 0 bridgehead atoms. The van der Waals surface area contributed by atoms with Gasteiger partial charge in [-0.05, 0) is 38.3 Å². The molecule has 1 amide bonds. The monoisotopic (exact) mass is 318 g/mol. The van der Waals surface area contributed by atoms with Crippen LogP contribution in [-0.2, 0) is 16.1 Å². The van der Waals surface area contributed by atoms with Crippen molar-refractivity contribution >= 4 is 11.9 Å². The van der Waals surface area contributed by atoms with Crippen LogP contribution in [0.2, 0.25) is 0 Å². The lowest BCUT2D eigenvalue weighted by molar-refractivity contribution is -0.143. The zero-order valence-electron chi connectivity index (χ0n) is 14.0. The van der Waals surface area contributed by atoms with E-state index in [1.54, 1.807) is 4.90 Å². The molecule has 1 aliphatic rings. The molecule has 1 aliphatic heterocycles. The van der Waals surface area contributed by atoms with Crippen molar-refractivity contribution in [3.8, 4) is 0 Å². The van der Waals surface area contributed by atoms with Crippen LogP contribution in [0.1, 0.15) is 37.3 Å². The third kappa shape index (κ3) is 4.79. The smallest absolute Gasteiger partial charge is 0.320 e. The summed E-state index contributed by atoms with van der Waals surface area (Å²) in [6.45, 7) is 6.25. The average Bonchev–Trinajstić information content (AvgIpc) is 2.97. The molecule has 2 rings (SSSR count). The molecule has 0 aliphatic carbocycles. The molecule has 1 aromatic rings. The number of hydrogen-bond acceptors (Lipinski definition) is 3. The minimum absolute atomic E-state index is 0.0144. The van der Waals surface area contributed by atoms with E-state index in [2.05, 4.69) is 0 Å². The number of amides is 1. The number of benzene rings is 1. The molecule has 1 fully saturated rings. The Labute approximate surface area is 137 Å². The van der Waals surface area contributed by atoms with E-state index < -0.39 is 12.0 Å². The zero-order chi connectivity index (χ0) is 16.8. The molecule has 1 aromatic carbocycles. The summed E-state index contributed by atoms with van der Waals surface area (Å²) in [6, 6.07) is 7.67. The van der Waals surface area contributed by atoms with Gasteiger partial charge in [-0.25, -0.2) is 0 Å². The molecule has 0 spiro atoms. The van der Waals surface area contributed by atoms with Gasteiger partial charge in [-0.15, -0.1) is 0 Å². The highest BCUT2D eigenvalue weighted by molar-refractivity contribution is 5.80. The molecule has 1 N–H and O–H groups in total. The SMILES string of the molecule is CCCN(Cc1ccc(C)cc1)C(=O)CN1CCCC1C(=O)O. The summed E-state index contributed by atoms with van der Waals surface area (Å²) in [4.78, 5) is 27.5. The van der Waals surface area contributed by atoms with Crippen LogP contribution in [0.4, 0.5) is 0 Å². The van der Waals surface area contributed by atoms with E-state index >= 15 is 0 Å². The van der Waals surface area contributed by atoms with Crippen molar-refractivity contribution in [2.75, 3.05) is 19.6 Å². The van der Waals surface area contributed by atoms with E-state index in [4.69, 9.17) is 0 Å². The summed E-state index contributed by atoms with van der Waals surface area (Å²) in [5, 5.41) is 9.23. The van der Waals surface area contributed by atoms with E-state index in [-0.39, 0.29) is 12.5 Å². The van der Waals surface area contributed by atoms with Gasteiger partial charge in [0.15, 0.2) is 0 Å². The number of aliphatic carboxylic acids is 1. The van der Waals surface area contributed by atoms with Gasteiger partial charge in [-0.3, -0.25) is 14.5 Å². The van der Waals surface area contributed by atoms with Crippen molar-refractivity contribution in [3.63, 3.8) is 0 Å². The van der Waals surface area contributed by atoms with Crippen LogP contribution < -0.4 is 0 Å². The van der Waals surface area contributed by atoms with Gasteiger partial charge in [-0.2, -0.15) is 0 Å². The maximum Gasteiger partial charge on any atom is 0.320 e. The molecule has 5 heteroatoms. The van der Waals surface area contributed by atoms with Crippen molar-refractivity contribution in [1.82, 2.24) is 9.80 Å². The van der Waals surface area contributed by atoms with Crippen LogP contribution in [0.3, 0.4) is 0 Å². The number of likely N-dealkylation sites (tertiary alicyclic amines) is 1. The molecular weight excluding hydrogens is 292 g/mol.